The maximum Gasteiger partial charge on any atom is 0.0648 e. The fraction of sp³-hybridized carbons (Fsp3) is 0.800. The van der Waals surface area contributed by atoms with Crippen LogP contribution in [-0.4, -0.2) is 10.7 Å². The first-order chi connectivity index (χ1) is 5.27. The average molecular weight is 154 g/mol. The lowest BCUT2D eigenvalue weighted by molar-refractivity contribution is -0.0413. The summed E-state index contributed by atoms with van der Waals surface area (Å²) in [7, 11) is 0. The Hall–Kier alpha value is -0.300. The molecule has 0 aliphatic heterocycles. The highest BCUT2D eigenvalue weighted by molar-refractivity contribution is 4.88. The lowest BCUT2D eigenvalue weighted by atomic mass is 9.77. The highest BCUT2D eigenvalue weighted by Crippen LogP contribution is 2.35. The molecule has 1 rings (SSSR count). The molecule has 0 spiro atoms. The molecule has 0 unspecified atom stereocenters. The molecular formula is C10H18O. The third-order valence-corrected chi connectivity index (χ3v) is 2.53. The minimum absolute atomic E-state index is 0.262. The summed E-state index contributed by atoms with van der Waals surface area (Å²) < 4.78 is 0. The van der Waals surface area contributed by atoms with E-state index in [1.807, 2.05) is 6.92 Å². The predicted molar refractivity (Wildman–Crippen MR) is 47.5 cm³/mol. The van der Waals surface area contributed by atoms with Gasteiger partial charge < -0.3 is 5.11 Å². The van der Waals surface area contributed by atoms with E-state index >= 15 is 0 Å². The Bertz CT molecular complexity index is 134. The van der Waals surface area contributed by atoms with Gasteiger partial charge in [-0.15, -0.1) is 0 Å². The second-order valence-electron chi connectivity index (χ2n) is 3.54. The number of allylic oxidation sites excluding steroid dienone is 2. The van der Waals surface area contributed by atoms with Gasteiger partial charge in [0.1, 0.15) is 0 Å². The van der Waals surface area contributed by atoms with Gasteiger partial charge in [0.2, 0.25) is 0 Å². The topological polar surface area (TPSA) is 20.2 Å². The first-order valence-electron chi connectivity index (χ1n) is 4.60. The number of aliphatic hydroxyl groups is 1. The summed E-state index contributed by atoms with van der Waals surface area (Å²) in [5.74, 6) is 0. The number of hydrogen-bond acceptors (Lipinski definition) is 1. The average Bonchev–Trinajstić information content (AvgIpc) is 1.95. The molecule has 0 aromatic rings. The molecule has 0 aromatic carbocycles. The summed E-state index contributed by atoms with van der Waals surface area (Å²) in [5, 5.41) is 9.69. The molecule has 0 saturated heterocycles. The van der Waals surface area contributed by atoms with Crippen molar-refractivity contribution in [3.05, 3.63) is 12.2 Å². The summed E-state index contributed by atoms with van der Waals surface area (Å²) in [6, 6.07) is 0. The fourth-order valence-corrected chi connectivity index (χ4v) is 1.55. The van der Waals surface area contributed by atoms with Gasteiger partial charge in [-0.25, -0.2) is 0 Å². The summed E-state index contributed by atoms with van der Waals surface area (Å²) in [4.78, 5) is 0. The number of unbranched alkanes of at least 4 members (excludes halogenated alkanes) is 1. The van der Waals surface area contributed by atoms with E-state index in [1.54, 1.807) is 0 Å². The molecule has 0 atom stereocenters. The van der Waals surface area contributed by atoms with Gasteiger partial charge in [0.25, 0.3) is 0 Å². The van der Waals surface area contributed by atoms with Gasteiger partial charge in [-0.2, -0.15) is 0 Å². The monoisotopic (exact) mass is 154 g/mol. The van der Waals surface area contributed by atoms with Crippen LogP contribution < -0.4 is 0 Å². The van der Waals surface area contributed by atoms with Crippen LogP contribution >= 0.6 is 0 Å². The predicted octanol–water partition coefficient (Wildman–Crippen LogP) is 2.65. The maximum absolute atomic E-state index is 9.69. The SMILES string of the molecule is C/C=C/CCCC1(O)CCC1. The molecule has 0 radical (unpaired) electrons. The molecule has 0 heterocycles. The standard InChI is InChI=1S/C10H18O/c1-2-3-4-5-7-10(11)8-6-9-10/h2-3,11H,4-9H2,1H3/b3-2+. The van der Waals surface area contributed by atoms with Crippen molar-refractivity contribution >= 4 is 0 Å². The van der Waals surface area contributed by atoms with Crippen molar-refractivity contribution in [2.45, 2.75) is 51.0 Å². The number of rotatable bonds is 4. The summed E-state index contributed by atoms with van der Waals surface area (Å²) in [5.41, 5.74) is -0.262. The summed E-state index contributed by atoms with van der Waals surface area (Å²) >= 11 is 0. The molecular weight excluding hydrogens is 136 g/mol. The second kappa shape index (κ2) is 3.91. The van der Waals surface area contributed by atoms with E-state index < -0.39 is 0 Å². The van der Waals surface area contributed by atoms with E-state index in [1.165, 1.54) is 6.42 Å². The third-order valence-electron chi connectivity index (χ3n) is 2.53. The van der Waals surface area contributed by atoms with Crippen molar-refractivity contribution in [3.63, 3.8) is 0 Å². The minimum Gasteiger partial charge on any atom is -0.390 e. The Morgan fingerprint density at radius 1 is 1.45 bits per heavy atom. The molecule has 1 N–H and O–H groups in total. The molecule has 1 fully saturated rings. The first kappa shape index (κ1) is 8.79. The van der Waals surface area contributed by atoms with E-state index in [2.05, 4.69) is 12.2 Å². The van der Waals surface area contributed by atoms with Crippen LogP contribution in [0.1, 0.15) is 45.4 Å². The Morgan fingerprint density at radius 3 is 2.64 bits per heavy atom. The van der Waals surface area contributed by atoms with Crippen molar-refractivity contribution in [3.8, 4) is 0 Å². The molecule has 1 heteroatoms. The van der Waals surface area contributed by atoms with E-state index in [0.717, 1.165) is 32.1 Å². The quantitative estimate of drug-likeness (QED) is 0.487. The highest BCUT2D eigenvalue weighted by atomic mass is 16.3. The molecule has 1 aliphatic rings. The Kier molecular flexibility index (Phi) is 3.13. The van der Waals surface area contributed by atoms with Gasteiger partial charge in [-0.05, 0) is 45.4 Å². The van der Waals surface area contributed by atoms with Crippen LogP contribution in [0.25, 0.3) is 0 Å². The summed E-state index contributed by atoms with van der Waals surface area (Å²) in [6.45, 7) is 2.04. The Morgan fingerprint density at radius 2 is 2.18 bits per heavy atom. The van der Waals surface area contributed by atoms with Gasteiger partial charge in [0, 0.05) is 0 Å². The minimum atomic E-state index is -0.262. The van der Waals surface area contributed by atoms with Crippen molar-refractivity contribution in [2.24, 2.45) is 0 Å². The first-order valence-corrected chi connectivity index (χ1v) is 4.60. The lowest BCUT2D eigenvalue weighted by Crippen LogP contribution is -2.36. The molecule has 0 bridgehead atoms. The van der Waals surface area contributed by atoms with E-state index in [0.29, 0.717) is 0 Å². The highest BCUT2D eigenvalue weighted by Gasteiger charge is 2.32. The molecule has 64 valence electrons. The Balaban J connectivity index is 2.02. The second-order valence-corrected chi connectivity index (χ2v) is 3.54. The van der Waals surface area contributed by atoms with E-state index in [-0.39, 0.29) is 5.60 Å². The van der Waals surface area contributed by atoms with Crippen LogP contribution in [-0.2, 0) is 0 Å². The fourth-order valence-electron chi connectivity index (χ4n) is 1.55. The molecule has 1 aliphatic carbocycles. The zero-order chi connectivity index (χ0) is 8.16. The summed E-state index contributed by atoms with van der Waals surface area (Å²) in [6.07, 6.45) is 10.8. The smallest absolute Gasteiger partial charge is 0.0648 e. The van der Waals surface area contributed by atoms with Crippen LogP contribution in [0.4, 0.5) is 0 Å². The molecule has 0 aromatic heterocycles. The van der Waals surface area contributed by atoms with Gasteiger partial charge in [-0.1, -0.05) is 12.2 Å². The van der Waals surface area contributed by atoms with Crippen molar-refractivity contribution < 1.29 is 5.11 Å². The van der Waals surface area contributed by atoms with Crippen LogP contribution in [0.15, 0.2) is 12.2 Å². The maximum atomic E-state index is 9.69. The van der Waals surface area contributed by atoms with Gasteiger partial charge >= 0.3 is 0 Å². The zero-order valence-electron chi connectivity index (χ0n) is 7.34. The number of hydrogen-bond donors (Lipinski definition) is 1. The molecule has 0 amide bonds. The lowest BCUT2D eigenvalue weighted by Gasteiger charge is -2.36. The van der Waals surface area contributed by atoms with Crippen LogP contribution in [0, 0.1) is 0 Å². The van der Waals surface area contributed by atoms with Gasteiger partial charge in [0.15, 0.2) is 0 Å². The normalized spacial score (nSPS) is 22.0. The van der Waals surface area contributed by atoms with Crippen molar-refractivity contribution in [2.75, 3.05) is 0 Å². The van der Waals surface area contributed by atoms with E-state index in [9.17, 15) is 5.11 Å². The van der Waals surface area contributed by atoms with Crippen LogP contribution in [0.3, 0.4) is 0 Å². The molecule has 1 saturated carbocycles. The Labute approximate surface area is 69.1 Å². The van der Waals surface area contributed by atoms with E-state index in [4.69, 9.17) is 0 Å². The largest absolute Gasteiger partial charge is 0.390 e. The third kappa shape index (κ3) is 2.66. The van der Waals surface area contributed by atoms with Gasteiger partial charge in [0.05, 0.1) is 5.60 Å². The molecule has 1 nitrogen and oxygen atoms in total. The van der Waals surface area contributed by atoms with Gasteiger partial charge in [-0.3, -0.25) is 0 Å². The van der Waals surface area contributed by atoms with Crippen molar-refractivity contribution in [1.29, 1.82) is 0 Å². The van der Waals surface area contributed by atoms with Crippen LogP contribution in [0.2, 0.25) is 0 Å². The van der Waals surface area contributed by atoms with Crippen LogP contribution in [0.5, 0.6) is 0 Å². The van der Waals surface area contributed by atoms with Crippen molar-refractivity contribution in [1.82, 2.24) is 0 Å². The zero-order valence-corrected chi connectivity index (χ0v) is 7.34. The molecule has 11 heavy (non-hydrogen) atoms.